The van der Waals surface area contributed by atoms with Crippen molar-refractivity contribution in [3.8, 4) is 0 Å². The molecular weight excluding hydrogens is 268 g/mol. The molecule has 1 aromatic heterocycles. The van der Waals surface area contributed by atoms with Crippen molar-refractivity contribution in [3.63, 3.8) is 0 Å². The van der Waals surface area contributed by atoms with Crippen molar-refractivity contribution in [1.82, 2.24) is 4.72 Å². The fourth-order valence-electron chi connectivity index (χ4n) is 1.90. The maximum absolute atomic E-state index is 12.2. The van der Waals surface area contributed by atoms with Gasteiger partial charge in [0.2, 0.25) is 10.0 Å². The molecule has 0 amide bonds. The topological polar surface area (TPSA) is 94.6 Å². The molecule has 0 aliphatic rings. The Labute approximate surface area is 114 Å². The molecule has 0 aliphatic carbocycles. The Balaban J connectivity index is 2.77. The molecule has 0 saturated heterocycles. The number of rotatable bonds is 8. The lowest BCUT2D eigenvalue weighted by atomic mass is 10.2. The summed E-state index contributed by atoms with van der Waals surface area (Å²) in [4.78, 5) is 0.170. The molecule has 0 aromatic carbocycles. The van der Waals surface area contributed by atoms with E-state index in [1.807, 2.05) is 6.92 Å². The Morgan fingerprint density at radius 3 is 2.58 bits per heavy atom. The van der Waals surface area contributed by atoms with Crippen LogP contribution in [0.25, 0.3) is 0 Å². The monoisotopic (exact) mass is 290 g/mol. The number of nitrogens with two attached hydrogens (primary N) is 1. The lowest BCUT2D eigenvalue weighted by Crippen LogP contribution is -2.27. The minimum absolute atomic E-state index is 0.137. The number of sulfonamides is 1. The minimum Gasteiger partial charge on any atom is -0.465 e. The zero-order chi connectivity index (χ0) is 14.5. The molecule has 0 saturated carbocycles. The predicted octanol–water partition coefficient (Wildman–Crippen LogP) is 1.06. The van der Waals surface area contributed by atoms with Crippen LogP contribution < -0.4 is 10.5 Å². The molecule has 0 bridgehead atoms. The molecule has 0 fully saturated rings. The van der Waals surface area contributed by atoms with Gasteiger partial charge >= 0.3 is 0 Å². The zero-order valence-corrected chi connectivity index (χ0v) is 12.5. The van der Waals surface area contributed by atoms with Crippen molar-refractivity contribution in [2.75, 3.05) is 19.8 Å². The minimum atomic E-state index is -3.58. The Bertz CT molecular complexity index is 508. The highest BCUT2D eigenvalue weighted by Crippen LogP contribution is 2.25. The fraction of sp³-hybridized carbons (Fsp3) is 0.667. The predicted molar refractivity (Wildman–Crippen MR) is 72.4 cm³/mol. The van der Waals surface area contributed by atoms with Gasteiger partial charge < -0.3 is 14.9 Å². The van der Waals surface area contributed by atoms with Gasteiger partial charge in [-0.25, -0.2) is 13.1 Å². The number of hydrogen-bond donors (Lipinski definition) is 2. The van der Waals surface area contributed by atoms with E-state index in [2.05, 4.69) is 4.72 Å². The lowest BCUT2D eigenvalue weighted by molar-refractivity contribution is 0.146. The second kappa shape index (κ2) is 7.04. The van der Waals surface area contributed by atoms with E-state index in [1.165, 1.54) is 0 Å². The van der Waals surface area contributed by atoms with E-state index in [0.717, 1.165) is 0 Å². The SMILES string of the molecule is CCOCCCNS(=O)(=O)c1c(C)oc(C)c1CN. The van der Waals surface area contributed by atoms with Crippen molar-refractivity contribution in [2.45, 2.75) is 38.6 Å². The highest BCUT2D eigenvalue weighted by atomic mass is 32.2. The van der Waals surface area contributed by atoms with Crippen LogP contribution in [0.5, 0.6) is 0 Å². The number of ether oxygens (including phenoxy) is 1. The molecule has 0 aliphatic heterocycles. The van der Waals surface area contributed by atoms with Crippen LogP contribution in [0.2, 0.25) is 0 Å². The van der Waals surface area contributed by atoms with Crippen LogP contribution in [0.1, 0.15) is 30.4 Å². The Morgan fingerprint density at radius 2 is 2.00 bits per heavy atom. The Kier molecular flexibility index (Phi) is 5.99. The molecule has 7 heteroatoms. The van der Waals surface area contributed by atoms with Gasteiger partial charge in [-0.1, -0.05) is 0 Å². The first-order chi connectivity index (χ1) is 8.94. The van der Waals surface area contributed by atoms with E-state index in [4.69, 9.17) is 14.9 Å². The number of nitrogens with one attached hydrogen (secondary N) is 1. The average Bonchev–Trinajstić information content (AvgIpc) is 2.63. The maximum atomic E-state index is 12.2. The molecule has 0 atom stereocenters. The first-order valence-electron chi connectivity index (χ1n) is 6.30. The van der Waals surface area contributed by atoms with Gasteiger partial charge in [-0.05, 0) is 27.2 Å². The third-order valence-electron chi connectivity index (χ3n) is 2.76. The summed E-state index contributed by atoms with van der Waals surface area (Å²) in [5, 5.41) is 0. The molecule has 1 rings (SSSR count). The smallest absolute Gasteiger partial charge is 0.244 e. The zero-order valence-electron chi connectivity index (χ0n) is 11.7. The molecule has 1 heterocycles. The van der Waals surface area contributed by atoms with Crippen LogP contribution in [0.4, 0.5) is 0 Å². The summed E-state index contributed by atoms with van der Waals surface area (Å²) in [7, 11) is -3.58. The van der Waals surface area contributed by atoms with E-state index >= 15 is 0 Å². The lowest BCUT2D eigenvalue weighted by Gasteiger charge is -2.07. The molecule has 19 heavy (non-hydrogen) atoms. The van der Waals surface area contributed by atoms with E-state index in [0.29, 0.717) is 43.3 Å². The molecule has 6 nitrogen and oxygen atoms in total. The summed E-state index contributed by atoms with van der Waals surface area (Å²) < 4.78 is 37.5. The van der Waals surface area contributed by atoms with E-state index in [1.54, 1.807) is 13.8 Å². The summed E-state index contributed by atoms with van der Waals surface area (Å²) in [6.07, 6.45) is 0.626. The van der Waals surface area contributed by atoms with Crippen LogP contribution in [-0.2, 0) is 21.3 Å². The quantitative estimate of drug-likeness (QED) is 0.698. The van der Waals surface area contributed by atoms with Crippen LogP contribution in [0.3, 0.4) is 0 Å². The molecule has 110 valence electrons. The second-order valence-electron chi connectivity index (χ2n) is 4.17. The van der Waals surface area contributed by atoms with Gasteiger partial charge in [-0.15, -0.1) is 0 Å². The molecule has 1 aromatic rings. The van der Waals surface area contributed by atoms with Crippen molar-refractivity contribution in [1.29, 1.82) is 0 Å². The second-order valence-corrected chi connectivity index (χ2v) is 5.88. The fourth-order valence-corrected chi connectivity index (χ4v) is 3.42. The van der Waals surface area contributed by atoms with Crippen LogP contribution in [0.15, 0.2) is 9.31 Å². The van der Waals surface area contributed by atoms with Crippen LogP contribution in [-0.4, -0.2) is 28.2 Å². The van der Waals surface area contributed by atoms with Gasteiger partial charge in [0.15, 0.2) is 0 Å². The van der Waals surface area contributed by atoms with Crippen molar-refractivity contribution in [3.05, 3.63) is 17.1 Å². The largest absolute Gasteiger partial charge is 0.465 e. The molecule has 0 spiro atoms. The third kappa shape index (κ3) is 4.04. The van der Waals surface area contributed by atoms with Gasteiger partial charge in [-0.2, -0.15) is 0 Å². The highest BCUT2D eigenvalue weighted by Gasteiger charge is 2.25. The first-order valence-corrected chi connectivity index (χ1v) is 7.78. The van der Waals surface area contributed by atoms with Crippen LogP contribution in [0, 0.1) is 13.8 Å². The number of hydrogen-bond acceptors (Lipinski definition) is 5. The van der Waals surface area contributed by atoms with Gasteiger partial charge in [0.05, 0.1) is 0 Å². The Morgan fingerprint density at radius 1 is 1.32 bits per heavy atom. The van der Waals surface area contributed by atoms with Crippen molar-refractivity contribution >= 4 is 10.0 Å². The van der Waals surface area contributed by atoms with Gasteiger partial charge in [-0.3, -0.25) is 0 Å². The summed E-state index contributed by atoms with van der Waals surface area (Å²) in [5.41, 5.74) is 6.12. The van der Waals surface area contributed by atoms with E-state index < -0.39 is 10.0 Å². The van der Waals surface area contributed by atoms with Gasteiger partial charge in [0, 0.05) is 31.9 Å². The summed E-state index contributed by atoms with van der Waals surface area (Å²) in [5.74, 6) is 0.921. The molecule has 3 N–H and O–H groups in total. The van der Waals surface area contributed by atoms with Gasteiger partial charge in [0.25, 0.3) is 0 Å². The summed E-state index contributed by atoms with van der Waals surface area (Å²) in [6, 6.07) is 0. The number of aryl methyl sites for hydroxylation is 2. The normalized spacial score (nSPS) is 12.0. The third-order valence-corrected chi connectivity index (χ3v) is 4.42. The van der Waals surface area contributed by atoms with Crippen LogP contribution >= 0.6 is 0 Å². The van der Waals surface area contributed by atoms with Crippen molar-refractivity contribution < 1.29 is 17.6 Å². The standard InChI is InChI=1S/C12H22N2O4S/c1-4-17-7-5-6-14-19(15,16)12-10(3)18-9(2)11(12)8-13/h14H,4-8,13H2,1-3H3. The summed E-state index contributed by atoms with van der Waals surface area (Å²) in [6.45, 7) is 6.87. The molecule has 0 radical (unpaired) electrons. The van der Waals surface area contributed by atoms with E-state index in [-0.39, 0.29) is 11.4 Å². The maximum Gasteiger partial charge on any atom is 0.244 e. The number of furan rings is 1. The molecule has 0 unspecified atom stereocenters. The van der Waals surface area contributed by atoms with Gasteiger partial charge in [0.1, 0.15) is 16.4 Å². The highest BCUT2D eigenvalue weighted by molar-refractivity contribution is 7.89. The first kappa shape index (κ1) is 16.2. The molecular formula is C12H22N2O4S. The summed E-state index contributed by atoms with van der Waals surface area (Å²) >= 11 is 0. The van der Waals surface area contributed by atoms with E-state index in [9.17, 15) is 8.42 Å². The Hall–Kier alpha value is -0.890. The average molecular weight is 290 g/mol. The van der Waals surface area contributed by atoms with Crippen molar-refractivity contribution in [2.24, 2.45) is 5.73 Å².